The third-order valence-corrected chi connectivity index (χ3v) is 7.26. The molecule has 1 N–H and O–H groups in total. The van der Waals surface area contributed by atoms with Crippen LogP contribution in [-0.2, 0) is 9.53 Å². The zero-order valence-electron chi connectivity index (χ0n) is 16.0. The summed E-state index contributed by atoms with van der Waals surface area (Å²) in [5.41, 5.74) is 2.93. The lowest BCUT2D eigenvalue weighted by Gasteiger charge is -2.50. The summed E-state index contributed by atoms with van der Waals surface area (Å²) >= 11 is 0. The Morgan fingerprint density at radius 3 is 2.88 bits per heavy atom. The predicted octanol–water partition coefficient (Wildman–Crippen LogP) is 4.65. The molecule has 1 aromatic carbocycles. The molecule has 0 aromatic heterocycles. The lowest BCUT2D eigenvalue weighted by atomic mass is 9.55. The van der Waals surface area contributed by atoms with Gasteiger partial charge in [-0.05, 0) is 55.9 Å². The average Bonchev–Trinajstić information content (AvgIpc) is 2.92. The largest absolute Gasteiger partial charge is 0.462 e. The number of hydrogen-bond acceptors (Lipinski definition) is 3. The van der Waals surface area contributed by atoms with Crippen molar-refractivity contribution in [3.8, 4) is 0 Å². The molecule has 0 spiro atoms. The molecule has 0 bridgehead atoms. The molecule has 3 aliphatic rings. The predicted molar refractivity (Wildman–Crippen MR) is 104 cm³/mol. The fraction of sp³-hybridized carbons (Fsp3) is 0.609. The summed E-state index contributed by atoms with van der Waals surface area (Å²) < 4.78 is 5.86. The Labute approximate surface area is 157 Å². The van der Waals surface area contributed by atoms with Gasteiger partial charge < -0.3 is 10.1 Å². The van der Waals surface area contributed by atoms with Crippen LogP contribution >= 0.6 is 0 Å². The maximum atomic E-state index is 12.6. The summed E-state index contributed by atoms with van der Waals surface area (Å²) in [6.07, 6.45) is 5.81. The van der Waals surface area contributed by atoms with Crippen LogP contribution in [0.25, 0.3) is 0 Å². The summed E-state index contributed by atoms with van der Waals surface area (Å²) in [7, 11) is 0. The number of carbonyl (C=O) groups excluding carboxylic acids is 1. The second kappa shape index (κ2) is 6.84. The first-order valence-corrected chi connectivity index (χ1v) is 10.1. The molecule has 0 radical (unpaired) electrons. The summed E-state index contributed by atoms with van der Waals surface area (Å²) in [6, 6.07) is 10.7. The number of hydrogen-bond donors (Lipinski definition) is 1. The molecular formula is C23H31NO2. The van der Waals surface area contributed by atoms with Crippen molar-refractivity contribution in [3.05, 3.63) is 48.0 Å². The van der Waals surface area contributed by atoms with Gasteiger partial charge in [-0.25, -0.2) is 0 Å². The first kappa shape index (κ1) is 17.8. The van der Waals surface area contributed by atoms with Gasteiger partial charge in [0, 0.05) is 18.5 Å². The quantitative estimate of drug-likeness (QED) is 0.632. The number of benzene rings is 1. The Hall–Kier alpha value is -1.61. The van der Waals surface area contributed by atoms with Crippen molar-refractivity contribution in [2.45, 2.75) is 58.1 Å². The zero-order chi connectivity index (χ0) is 18.3. The molecule has 3 nitrogen and oxygen atoms in total. The monoisotopic (exact) mass is 353 g/mol. The highest BCUT2D eigenvalue weighted by molar-refractivity contribution is 5.75. The molecule has 2 aliphatic carbocycles. The molecule has 6 atom stereocenters. The minimum Gasteiger partial charge on any atom is -0.462 e. The van der Waals surface area contributed by atoms with Gasteiger partial charge in [0.05, 0.1) is 5.92 Å². The molecule has 1 saturated heterocycles. The molecule has 3 fully saturated rings. The number of allylic oxidation sites excluding steroid dienone is 1. The van der Waals surface area contributed by atoms with E-state index in [4.69, 9.17) is 4.74 Å². The van der Waals surface area contributed by atoms with E-state index in [1.165, 1.54) is 24.0 Å². The van der Waals surface area contributed by atoms with E-state index in [1.54, 1.807) is 0 Å². The first-order valence-electron chi connectivity index (χ1n) is 10.1. The van der Waals surface area contributed by atoms with Crippen LogP contribution in [0.5, 0.6) is 0 Å². The van der Waals surface area contributed by atoms with Gasteiger partial charge in [0.1, 0.15) is 6.10 Å². The van der Waals surface area contributed by atoms with Gasteiger partial charge in [0.15, 0.2) is 0 Å². The van der Waals surface area contributed by atoms with Gasteiger partial charge in [-0.15, -0.1) is 0 Å². The fourth-order valence-electron chi connectivity index (χ4n) is 5.65. The van der Waals surface area contributed by atoms with Crippen LogP contribution in [0, 0.1) is 23.2 Å². The molecule has 1 aromatic rings. The molecule has 26 heavy (non-hydrogen) atoms. The van der Waals surface area contributed by atoms with E-state index in [0.717, 1.165) is 19.3 Å². The van der Waals surface area contributed by atoms with Crippen LogP contribution in [0.4, 0.5) is 0 Å². The fourth-order valence-corrected chi connectivity index (χ4v) is 5.65. The number of nitrogens with one attached hydrogen (secondary N) is 1. The topological polar surface area (TPSA) is 38.3 Å². The lowest BCUT2D eigenvalue weighted by molar-refractivity contribution is -0.146. The Morgan fingerprint density at radius 1 is 1.35 bits per heavy atom. The molecule has 4 rings (SSSR count). The van der Waals surface area contributed by atoms with Crippen molar-refractivity contribution in [1.29, 1.82) is 0 Å². The van der Waals surface area contributed by atoms with Gasteiger partial charge in [0.2, 0.25) is 0 Å². The standard InChI is InChI=1S/C23H31NO2/c1-15-8-7-11-23(3)13-21-18(12-20(15)23)19(22(25)26-21)14-24-16(2)17-9-5-4-6-10-17/h4-6,9-10,16,18-21,24H,1,7-8,11-14H2,2-3H3/t16-,18-,19-,20+,21+,23+/m0/s1. The zero-order valence-corrected chi connectivity index (χ0v) is 16.0. The molecular weight excluding hydrogens is 322 g/mol. The van der Waals surface area contributed by atoms with Crippen LogP contribution in [0.2, 0.25) is 0 Å². The summed E-state index contributed by atoms with van der Waals surface area (Å²) in [5, 5.41) is 3.57. The van der Waals surface area contributed by atoms with Crippen LogP contribution < -0.4 is 5.32 Å². The molecule has 1 aliphatic heterocycles. The number of esters is 1. The van der Waals surface area contributed by atoms with Crippen molar-refractivity contribution in [3.63, 3.8) is 0 Å². The average molecular weight is 354 g/mol. The molecule has 140 valence electrons. The molecule has 0 amide bonds. The highest BCUT2D eigenvalue weighted by atomic mass is 16.6. The van der Waals surface area contributed by atoms with Crippen LogP contribution in [0.15, 0.2) is 42.5 Å². The number of ether oxygens (including phenoxy) is 1. The van der Waals surface area contributed by atoms with Gasteiger partial charge in [-0.1, -0.05) is 49.4 Å². The smallest absolute Gasteiger partial charge is 0.310 e. The van der Waals surface area contributed by atoms with Crippen molar-refractivity contribution in [2.24, 2.45) is 23.2 Å². The van der Waals surface area contributed by atoms with Crippen LogP contribution in [0.1, 0.15) is 57.6 Å². The van der Waals surface area contributed by atoms with Crippen LogP contribution in [0.3, 0.4) is 0 Å². The van der Waals surface area contributed by atoms with E-state index in [-0.39, 0.29) is 29.4 Å². The van der Waals surface area contributed by atoms with E-state index in [0.29, 0.717) is 18.4 Å². The molecule has 3 heteroatoms. The summed E-state index contributed by atoms with van der Waals surface area (Å²) in [6.45, 7) is 9.62. The third kappa shape index (κ3) is 3.11. The maximum Gasteiger partial charge on any atom is 0.310 e. The van der Waals surface area contributed by atoms with Gasteiger partial charge in [0.25, 0.3) is 0 Å². The molecule has 0 unspecified atom stereocenters. The normalized spacial score (nSPS) is 37.6. The van der Waals surface area contributed by atoms with Gasteiger partial charge in [-0.2, -0.15) is 0 Å². The van der Waals surface area contributed by atoms with Gasteiger partial charge >= 0.3 is 5.97 Å². The van der Waals surface area contributed by atoms with E-state index in [9.17, 15) is 4.79 Å². The highest BCUT2D eigenvalue weighted by Crippen LogP contribution is 2.56. The number of carbonyl (C=O) groups is 1. The third-order valence-electron chi connectivity index (χ3n) is 7.26. The Kier molecular flexibility index (Phi) is 4.68. The van der Waals surface area contributed by atoms with E-state index in [1.807, 2.05) is 6.07 Å². The lowest BCUT2D eigenvalue weighted by Crippen LogP contribution is -2.45. The van der Waals surface area contributed by atoms with Crippen molar-refractivity contribution in [1.82, 2.24) is 5.32 Å². The maximum absolute atomic E-state index is 12.6. The minimum atomic E-state index is -0.0227. The van der Waals surface area contributed by atoms with E-state index >= 15 is 0 Å². The van der Waals surface area contributed by atoms with Crippen molar-refractivity contribution < 1.29 is 9.53 Å². The summed E-state index contributed by atoms with van der Waals surface area (Å²) in [4.78, 5) is 12.6. The SMILES string of the molecule is C=C1CCC[C@]2(C)C[C@H]3OC(=O)[C@@H](CN[C@@H](C)c4ccccc4)[C@@H]3C[C@H]12. The second-order valence-corrected chi connectivity index (χ2v) is 8.94. The Morgan fingerprint density at radius 2 is 2.12 bits per heavy atom. The van der Waals surface area contributed by atoms with Gasteiger partial charge in [-0.3, -0.25) is 4.79 Å². The highest BCUT2D eigenvalue weighted by Gasteiger charge is 2.54. The summed E-state index contributed by atoms with van der Waals surface area (Å²) in [5.74, 6) is 0.873. The number of rotatable bonds is 4. The van der Waals surface area contributed by atoms with Crippen molar-refractivity contribution >= 4 is 5.97 Å². The Bertz CT molecular complexity index is 685. The second-order valence-electron chi connectivity index (χ2n) is 8.94. The number of fused-ring (bicyclic) bond motifs is 2. The van der Waals surface area contributed by atoms with Crippen LogP contribution in [-0.4, -0.2) is 18.6 Å². The Balaban J connectivity index is 1.45. The first-order chi connectivity index (χ1) is 12.5. The minimum absolute atomic E-state index is 0.000575. The van der Waals surface area contributed by atoms with Crippen molar-refractivity contribution in [2.75, 3.05) is 6.54 Å². The molecule has 2 saturated carbocycles. The van der Waals surface area contributed by atoms with E-state index < -0.39 is 0 Å². The molecule has 1 heterocycles. The van der Waals surface area contributed by atoms with E-state index in [2.05, 4.69) is 50.0 Å².